The SMILES string of the molecule is CCC(=O)OC1(c2ccccc2)C(C)C[C@H]2[C@@H]3CC(F)C4=C(F)C(=O)CC[C@]4(C)[C@@H]3C(O)C[C@@]21C. The Morgan fingerprint density at radius 3 is 2.54 bits per heavy atom. The van der Waals surface area contributed by atoms with Crippen molar-refractivity contribution >= 4 is 11.8 Å². The number of ketones is 1. The van der Waals surface area contributed by atoms with E-state index in [0.717, 1.165) is 12.0 Å². The number of carbonyl (C=O) groups excluding carboxylic acids is 2. The number of hydrogen-bond donors (Lipinski definition) is 1. The number of hydrogen-bond acceptors (Lipinski definition) is 4. The number of halogens is 2. The van der Waals surface area contributed by atoms with Gasteiger partial charge in [-0.1, -0.05) is 58.0 Å². The molecule has 4 aliphatic rings. The third-order valence-electron chi connectivity index (χ3n) is 10.3. The first-order valence-electron chi connectivity index (χ1n) is 13.0. The number of alkyl halides is 1. The van der Waals surface area contributed by atoms with E-state index in [1.165, 1.54) is 0 Å². The highest BCUT2D eigenvalue weighted by Crippen LogP contribution is 2.72. The molecule has 4 unspecified atom stereocenters. The molecule has 0 aromatic heterocycles. The minimum absolute atomic E-state index is 0.0203. The van der Waals surface area contributed by atoms with Gasteiger partial charge in [-0.2, -0.15) is 0 Å². The molecule has 1 aromatic rings. The van der Waals surface area contributed by atoms with Crippen LogP contribution in [-0.4, -0.2) is 29.1 Å². The Kier molecular flexibility index (Phi) is 5.78. The lowest BCUT2D eigenvalue weighted by atomic mass is 9.44. The van der Waals surface area contributed by atoms with Crippen LogP contribution >= 0.6 is 0 Å². The lowest BCUT2D eigenvalue weighted by Gasteiger charge is -2.61. The van der Waals surface area contributed by atoms with Gasteiger partial charge in [0.25, 0.3) is 0 Å². The number of Topliss-reactive ketones (excluding diaryl/α,β-unsaturated/α-hetero) is 1. The van der Waals surface area contributed by atoms with Crippen molar-refractivity contribution in [2.45, 2.75) is 84.1 Å². The van der Waals surface area contributed by atoms with Crippen molar-refractivity contribution in [1.82, 2.24) is 0 Å². The molecule has 4 nitrogen and oxygen atoms in total. The number of carbonyl (C=O) groups is 2. The van der Waals surface area contributed by atoms with E-state index in [9.17, 15) is 19.1 Å². The van der Waals surface area contributed by atoms with E-state index in [-0.39, 0.29) is 54.5 Å². The van der Waals surface area contributed by atoms with Gasteiger partial charge >= 0.3 is 5.97 Å². The molecule has 0 saturated heterocycles. The van der Waals surface area contributed by atoms with Gasteiger partial charge in [-0.3, -0.25) is 9.59 Å². The second kappa shape index (κ2) is 8.22. The molecule has 5 rings (SSSR count). The number of allylic oxidation sites excluding steroid dienone is 1. The predicted octanol–water partition coefficient (Wildman–Crippen LogP) is 5.83. The van der Waals surface area contributed by atoms with Crippen LogP contribution in [-0.2, 0) is 19.9 Å². The topological polar surface area (TPSA) is 63.6 Å². The largest absolute Gasteiger partial charge is 0.453 e. The Morgan fingerprint density at radius 1 is 1.20 bits per heavy atom. The summed E-state index contributed by atoms with van der Waals surface area (Å²) >= 11 is 0. The van der Waals surface area contributed by atoms with E-state index >= 15 is 4.39 Å². The number of benzene rings is 1. The number of rotatable bonds is 3. The summed E-state index contributed by atoms with van der Waals surface area (Å²) in [5.41, 5.74) is -1.61. The fourth-order valence-corrected chi connectivity index (χ4v) is 8.95. The molecule has 6 heteroatoms. The van der Waals surface area contributed by atoms with E-state index in [4.69, 9.17) is 4.74 Å². The molecule has 190 valence electrons. The summed E-state index contributed by atoms with van der Waals surface area (Å²) < 4.78 is 37.1. The van der Waals surface area contributed by atoms with E-state index in [1.54, 1.807) is 6.92 Å². The van der Waals surface area contributed by atoms with Gasteiger partial charge in [0.2, 0.25) is 0 Å². The van der Waals surface area contributed by atoms with Crippen LogP contribution in [0.2, 0.25) is 0 Å². The average molecular weight is 487 g/mol. The van der Waals surface area contributed by atoms with Crippen LogP contribution in [0.4, 0.5) is 8.78 Å². The highest BCUT2D eigenvalue weighted by atomic mass is 19.1. The molecular weight excluding hydrogens is 450 g/mol. The molecule has 1 aromatic carbocycles. The minimum atomic E-state index is -1.56. The summed E-state index contributed by atoms with van der Waals surface area (Å²) in [7, 11) is 0. The number of aliphatic hydroxyl groups excluding tert-OH is 1. The molecule has 4 aliphatic carbocycles. The van der Waals surface area contributed by atoms with E-state index in [2.05, 4.69) is 13.8 Å². The van der Waals surface area contributed by atoms with Gasteiger partial charge in [0.15, 0.2) is 11.6 Å². The molecule has 3 saturated carbocycles. The van der Waals surface area contributed by atoms with Crippen molar-refractivity contribution in [2.24, 2.45) is 34.5 Å². The van der Waals surface area contributed by atoms with Crippen LogP contribution < -0.4 is 0 Å². The smallest absolute Gasteiger partial charge is 0.306 e. The Hall–Kier alpha value is -2.08. The fourth-order valence-electron chi connectivity index (χ4n) is 8.95. The van der Waals surface area contributed by atoms with Crippen LogP contribution in [0.5, 0.6) is 0 Å². The zero-order valence-corrected chi connectivity index (χ0v) is 21.0. The monoisotopic (exact) mass is 486 g/mol. The molecule has 3 fully saturated rings. The zero-order chi connectivity index (χ0) is 25.3. The van der Waals surface area contributed by atoms with Gasteiger partial charge in [0.05, 0.1) is 6.10 Å². The van der Waals surface area contributed by atoms with Crippen molar-refractivity contribution in [1.29, 1.82) is 0 Å². The molecule has 1 N–H and O–H groups in total. The van der Waals surface area contributed by atoms with Gasteiger partial charge in [-0.15, -0.1) is 0 Å². The molecular formula is C29H36F2O4. The van der Waals surface area contributed by atoms with E-state index < -0.39 is 40.3 Å². The maximum atomic E-state index is 15.7. The Balaban J connectivity index is 1.65. The second-order valence-electron chi connectivity index (χ2n) is 11.8. The number of esters is 1. The average Bonchev–Trinajstić information content (AvgIpc) is 3.03. The van der Waals surface area contributed by atoms with Crippen LogP contribution in [0.25, 0.3) is 0 Å². The van der Waals surface area contributed by atoms with Gasteiger partial charge in [-0.05, 0) is 49.0 Å². The Bertz CT molecular complexity index is 1070. The summed E-state index contributed by atoms with van der Waals surface area (Å²) in [6.07, 6.45) is -0.598. The molecule has 0 radical (unpaired) electrons. The number of ether oxygens (including phenoxy) is 1. The summed E-state index contributed by atoms with van der Waals surface area (Å²) in [6.45, 7) is 7.78. The first-order valence-corrected chi connectivity index (χ1v) is 13.0. The van der Waals surface area contributed by atoms with E-state index in [1.807, 2.05) is 37.3 Å². The Morgan fingerprint density at radius 2 is 1.89 bits per heavy atom. The molecule has 0 amide bonds. The summed E-state index contributed by atoms with van der Waals surface area (Å²) in [4.78, 5) is 24.9. The fraction of sp³-hybridized carbons (Fsp3) is 0.655. The standard InChI is InChI=1S/C29H36F2O4/c1-5-23(34)35-29(17-9-7-6-8-10-17)16(2)13-19-18-14-20(30)25-26(31)21(32)11-12-27(25,3)24(18)22(33)15-28(19,29)4/h6-10,16,18-20,22,24,33H,5,11-15H2,1-4H3/t16?,18-,19-,20?,22?,24-,27+,28-,29?/m0/s1. The molecule has 0 heterocycles. The van der Waals surface area contributed by atoms with Crippen molar-refractivity contribution < 1.29 is 28.2 Å². The third-order valence-corrected chi connectivity index (χ3v) is 10.3. The van der Waals surface area contributed by atoms with Crippen molar-refractivity contribution in [3.63, 3.8) is 0 Å². The van der Waals surface area contributed by atoms with Gasteiger partial charge in [0, 0.05) is 35.2 Å². The zero-order valence-electron chi connectivity index (χ0n) is 21.0. The molecule has 9 atom stereocenters. The second-order valence-corrected chi connectivity index (χ2v) is 11.8. The van der Waals surface area contributed by atoms with Crippen LogP contribution in [0, 0.1) is 34.5 Å². The summed E-state index contributed by atoms with van der Waals surface area (Å²) in [5.74, 6) is -2.47. The van der Waals surface area contributed by atoms with Gasteiger partial charge in [-0.25, -0.2) is 8.78 Å². The van der Waals surface area contributed by atoms with Crippen LogP contribution in [0.15, 0.2) is 41.7 Å². The lowest BCUT2D eigenvalue weighted by Crippen LogP contribution is -2.61. The molecule has 0 spiro atoms. The number of aliphatic hydroxyl groups is 1. The van der Waals surface area contributed by atoms with Gasteiger partial charge < -0.3 is 9.84 Å². The maximum Gasteiger partial charge on any atom is 0.306 e. The molecule has 35 heavy (non-hydrogen) atoms. The highest BCUT2D eigenvalue weighted by Gasteiger charge is 2.72. The molecule has 0 bridgehead atoms. The summed E-state index contributed by atoms with van der Waals surface area (Å²) in [5, 5.41) is 11.7. The van der Waals surface area contributed by atoms with Crippen LogP contribution in [0.1, 0.15) is 71.8 Å². The number of fused-ring (bicyclic) bond motifs is 5. The first-order chi connectivity index (χ1) is 16.5. The van der Waals surface area contributed by atoms with Crippen molar-refractivity contribution in [3.05, 3.63) is 47.3 Å². The van der Waals surface area contributed by atoms with E-state index in [0.29, 0.717) is 12.8 Å². The first kappa shape index (κ1) is 24.6. The Labute approximate surface area is 206 Å². The third kappa shape index (κ3) is 3.17. The normalized spacial score (nSPS) is 44.9. The minimum Gasteiger partial charge on any atom is -0.453 e. The molecule has 0 aliphatic heterocycles. The highest BCUT2D eigenvalue weighted by molar-refractivity contribution is 5.95. The predicted molar refractivity (Wildman–Crippen MR) is 127 cm³/mol. The quantitative estimate of drug-likeness (QED) is 0.546. The lowest BCUT2D eigenvalue weighted by molar-refractivity contribution is -0.211. The van der Waals surface area contributed by atoms with Crippen LogP contribution in [0.3, 0.4) is 0 Å². The van der Waals surface area contributed by atoms with Crippen molar-refractivity contribution in [3.8, 4) is 0 Å². The summed E-state index contributed by atoms with van der Waals surface area (Å²) in [6, 6.07) is 9.75. The maximum absolute atomic E-state index is 15.7. The van der Waals surface area contributed by atoms with Gasteiger partial charge in [0.1, 0.15) is 11.8 Å². The van der Waals surface area contributed by atoms with Crippen molar-refractivity contribution in [2.75, 3.05) is 0 Å².